The first-order chi connectivity index (χ1) is 11.6. The lowest BCUT2D eigenvalue weighted by atomic mass is 10.1. The Balaban J connectivity index is 1.81. The van der Waals surface area contributed by atoms with Crippen LogP contribution in [-0.4, -0.2) is 35.9 Å². The van der Waals surface area contributed by atoms with E-state index in [4.69, 9.17) is 0 Å². The standard InChI is InChI=1S/C18H19F2N3O/c1-22(12-13-6-7-14(19)11-16(13)20)18(24)15-5-4-8-21-17(15)23-9-2-3-10-23/h4-8,11H,2-3,9-10,12H2,1H3. The molecule has 0 atom stereocenters. The Bertz CT molecular complexity index is 745. The molecule has 0 bridgehead atoms. The van der Waals surface area contributed by atoms with Gasteiger partial charge in [-0.15, -0.1) is 0 Å². The third-order valence-electron chi connectivity index (χ3n) is 4.19. The summed E-state index contributed by atoms with van der Waals surface area (Å²) in [6.45, 7) is 1.83. The van der Waals surface area contributed by atoms with Crippen molar-refractivity contribution in [3.05, 3.63) is 59.3 Å². The molecule has 0 spiro atoms. The fourth-order valence-corrected chi connectivity index (χ4v) is 2.93. The molecule has 0 aliphatic carbocycles. The highest BCUT2D eigenvalue weighted by Crippen LogP contribution is 2.23. The molecule has 0 saturated carbocycles. The molecule has 0 N–H and O–H groups in total. The first-order valence-electron chi connectivity index (χ1n) is 7.95. The number of nitrogens with zero attached hydrogens (tertiary/aromatic N) is 3. The molecule has 24 heavy (non-hydrogen) atoms. The number of pyridine rings is 1. The second-order valence-electron chi connectivity index (χ2n) is 5.97. The molecule has 1 fully saturated rings. The van der Waals surface area contributed by atoms with Gasteiger partial charge < -0.3 is 9.80 Å². The zero-order valence-electron chi connectivity index (χ0n) is 13.5. The van der Waals surface area contributed by atoms with E-state index in [1.54, 1.807) is 25.4 Å². The lowest BCUT2D eigenvalue weighted by molar-refractivity contribution is 0.0784. The Hall–Kier alpha value is -2.50. The first-order valence-corrected chi connectivity index (χ1v) is 7.95. The zero-order valence-corrected chi connectivity index (χ0v) is 13.5. The van der Waals surface area contributed by atoms with Gasteiger partial charge in [-0.25, -0.2) is 13.8 Å². The van der Waals surface area contributed by atoms with E-state index in [1.165, 1.54) is 17.0 Å². The summed E-state index contributed by atoms with van der Waals surface area (Å²) in [5.41, 5.74) is 0.781. The molecule has 2 heterocycles. The third kappa shape index (κ3) is 3.37. The van der Waals surface area contributed by atoms with Crippen LogP contribution in [0.2, 0.25) is 0 Å². The Labute approximate surface area is 139 Å². The van der Waals surface area contributed by atoms with Crippen LogP contribution in [0.1, 0.15) is 28.8 Å². The minimum Gasteiger partial charge on any atom is -0.356 e. The van der Waals surface area contributed by atoms with Crippen LogP contribution in [0.25, 0.3) is 0 Å². The van der Waals surface area contributed by atoms with Crippen molar-refractivity contribution in [2.75, 3.05) is 25.0 Å². The number of halogens is 2. The summed E-state index contributed by atoms with van der Waals surface area (Å²) in [4.78, 5) is 20.6. The van der Waals surface area contributed by atoms with Gasteiger partial charge in [0.2, 0.25) is 0 Å². The Kier molecular flexibility index (Phi) is 4.74. The molecule has 3 rings (SSSR count). The summed E-state index contributed by atoms with van der Waals surface area (Å²) >= 11 is 0. The molecule has 1 amide bonds. The SMILES string of the molecule is CN(Cc1ccc(F)cc1F)C(=O)c1cccnc1N1CCCC1. The summed E-state index contributed by atoms with van der Waals surface area (Å²) in [6, 6.07) is 6.84. The van der Waals surface area contributed by atoms with Crippen molar-refractivity contribution >= 4 is 11.7 Å². The van der Waals surface area contributed by atoms with Crippen molar-refractivity contribution in [1.29, 1.82) is 0 Å². The van der Waals surface area contributed by atoms with Crippen LogP contribution in [0, 0.1) is 11.6 Å². The van der Waals surface area contributed by atoms with E-state index in [2.05, 4.69) is 9.88 Å². The Morgan fingerprint density at radius 2 is 2.00 bits per heavy atom. The van der Waals surface area contributed by atoms with Crippen LogP contribution in [0.4, 0.5) is 14.6 Å². The van der Waals surface area contributed by atoms with Gasteiger partial charge in [-0.2, -0.15) is 0 Å². The number of anilines is 1. The molecule has 1 aliphatic heterocycles. The maximum atomic E-state index is 13.8. The largest absolute Gasteiger partial charge is 0.356 e. The number of hydrogen-bond donors (Lipinski definition) is 0. The summed E-state index contributed by atoms with van der Waals surface area (Å²) in [6.07, 6.45) is 3.84. The summed E-state index contributed by atoms with van der Waals surface area (Å²) in [5.74, 6) is -0.838. The fraction of sp³-hybridized carbons (Fsp3) is 0.333. The second-order valence-corrected chi connectivity index (χ2v) is 5.97. The summed E-state index contributed by atoms with van der Waals surface area (Å²) < 4.78 is 26.8. The average molecular weight is 331 g/mol. The average Bonchev–Trinajstić information content (AvgIpc) is 3.11. The molecule has 1 saturated heterocycles. The van der Waals surface area contributed by atoms with E-state index in [0.717, 1.165) is 32.0 Å². The molecule has 1 aromatic carbocycles. The van der Waals surface area contributed by atoms with Gasteiger partial charge in [0.15, 0.2) is 0 Å². The highest BCUT2D eigenvalue weighted by atomic mass is 19.1. The van der Waals surface area contributed by atoms with Gasteiger partial charge in [0, 0.05) is 44.5 Å². The molecule has 0 unspecified atom stereocenters. The smallest absolute Gasteiger partial charge is 0.257 e. The molecule has 1 aromatic heterocycles. The van der Waals surface area contributed by atoms with Gasteiger partial charge in [-0.05, 0) is 31.0 Å². The Morgan fingerprint density at radius 3 is 2.71 bits per heavy atom. The molecule has 126 valence electrons. The molecule has 0 radical (unpaired) electrons. The number of carbonyl (C=O) groups is 1. The van der Waals surface area contributed by atoms with Gasteiger partial charge in [-0.1, -0.05) is 6.07 Å². The van der Waals surface area contributed by atoms with Crippen LogP contribution in [-0.2, 0) is 6.54 Å². The second kappa shape index (κ2) is 6.95. The number of benzene rings is 1. The van der Waals surface area contributed by atoms with Gasteiger partial charge >= 0.3 is 0 Å². The van der Waals surface area contributed by atoms with Crippen molar-refractivity contribution in [1.82, 2.24) is 9.88 Å². The normalized spacial score (nSPS) is 14.0. The summed E-state index contributed by atoms with van der Waals surface area (Å²) in [5, 5.41) is 0. The first kappa shape index (κ1) is 16.4. The molecular formula is C18H19F2N3O. The maximum absolute atomic E-state index is 13.8. The van der Waals surface area contributed by atoms with Gasteiger partial charge in [0.05, 0.1) is 5.56 Å². The fourth-order valence-electron chi connectivity index (χ4n) is 2.93. The molecule has 6 heteroatoms. The zero-order chi connectivity index (χ0) is 17.1. The minimum atomic E-state index is -0.652. The molecule has 2 aromatic rings. The number of amides is 1. The molecule has 1 aliphatic rings. The third-order valence-corrected chi connectivity index (χ3v) is 4.19. The lowest BCUT2D eigenvalue weighted by Gasteiger charge is -2.23. The predicted molar refractivity (Wildman–Crippen MR) is 87.8 cm³/mol. The van der Waals surface area contributed by atoms with E-state index < -0.39 is 11.6 Å². The van der Waals surface area contributed by atoms with E-state index in [9.17, 15) is 13.6 Å². The van der Waals surface area contributed by atoms with Crippen LogP contribution in [0.15, 0.2) is 36.5 Å². The van der Waals surface area contributed by atoms with Crippen LogP contribution < -0.4 is 4.90 Å². The monoisotopic (exact) mass is 331 g/mol. The quantitative estimate of drug-likeness (QED) is 0.863. The Morgan fingerprint density at radius 1 is 1.25 bits per heavy atom. The van der Waals surface area contributed by atoms with E-state index in [0.29, 0.717) is 11.4 Å². The van der Waals surface area contributed by atoms with Crippen molar-refractivity contribution in [3.8, 4) is 0 Å². The molecule has 4 nitrogen and oxygen atoms in total. The maximum Gasteiger partial charge on any atom is 0.257 e. The summed E-state index contributed by atoms with van der Waals surface area (Å²) in [7, 11) is 1.60. The number of aromatic nitrogens is 1. The van der Waals surface area contributed by atoms with Crippen molar-refractivity contribution in [3.63, 3.8) is 0 Å². The van der Waals surface area contributed by atoms with Crippen molar-refractivity contribution < 1.29 is 13.6 Å². The van der Waals surface area contributed by atoms with Gasteiger partial charge in [-0.3, -0.25) is 4.79 Å². The lowest BCUT2D eigenvalue weighted by Crippen LogP contribution is -2.30. The number of carbonyl (C=O) groups excluding carboxylic acids is 1. The van der Waals surface area contributed by atoms with Gasteiger partial charge in [0.1, 0.15) is 17.5 Å². The predicted octanol–water partition coefficient (Wildman–Crippen LogP) is 3.23. The van der Waals surface area contributed by atoms with Crippen molar-refractivity contribution in [2.24, 2.45) is 0 Å². The van der Waals surface area contributed by atoms with Crippen LogP contribution in [0.3, 0.4) is 0 Å². The van der Waals surface area contributed by atoms with Crippen LogP contribution in [0.5, 0.6) is 0 Å². The highest BCUT2D eigenvalue weighted by Gasteiger charge is 2.23. The van der Waals surface area contributed by atoms with E-state index >= 15 is 0 Å². The van der Waals surface area contributed by atoms with Gasteiger partial charge in [0.25, 0.3) is 5.91 Å². The van der Waals surface area contributed by atoms with E-state index in [1.807, 2.05) is 0 Å². The van der Waals surface area contributed by atoms with Crippen LogP contribution >= 0.6 is 0 Å². The van der Waals surface area contributed by atoms with Crippen molar-refractivity contribution in [2.45, 2.75) is 19.4 Å². The van der Waals surface area contributed by atoms with E-state index in [-0.39, 0.29) is 18.0 Å². The number of hydrogen-bond acceptors (Lipinski definition) is 3. The highest BCUT2D eigenvalue weighted by molar-refractivity contribution is 5.98. The number of rotatable bonds is 4. The molecular weight excluding hydrogens is 312 g/mol. The topological polar surface area (TPSA) is 36.4 Å². The minimum absolute atomic E-state index is 0.0687.